The fourth-order valence-electron chi connectivity index (χ4n) is 2.52. The van der Waals surface area contributed by atoms with E-state index in [1.807, 2.05) is 54.8 Å². The summed E-state index contributed by atoms with van der Waals surface area (Å²) in [6.07, 6.45) is -0.693. The van der Waals surface area contributed by atoms with Gasteiger partial charge in [-0.2, -0.15) is 0 Å². The quantitative estimate of drug-likeness (QED) is 0.777. The highest BCUT2D eigenvalue weighted by Crippen LogP contribution is 2.31. The Morgan fingerprint density at radius 3 is 2.72 bits per heavy atom. The summed E-state index contributed by atoms with van der Waals surface area (Å²) in [5.74, 6) is 0.968. The second-order valence-electron chi connectivity index (χ2n) is 5.76. The minimum absolute atomic E-state index is 0.180. The van der Waals surface area contributed by atoms with Crippen LogP contribution in [0.1, 0.15) is 5.56 Å². The fraction of sp³-hybridized carbons (Fsp3) is 0.158. The summed E-state index contributed by atoms with van der Waals surface area (Å²) in [5.41, 5.74) is 3.06. The zero-order valence-corrected chi connectivity index (χ0v) is 14.4. The van der Waals surface area contributed by atoms with Crippen LogP contribution in [0.15, 0.2) is 53.9 Å². The number of para-hydroxylation sites is 2. The predicted octanol–water partition coefficient (Wildman–Crippen LogP) is 3.90. The Morgan fingerprint density at radius 1 is 1.16 bits per heavy atom. The van der Waals surface area contributed by atoms with Crippen molar-refractivity contribution in [1.29, 1.82) is 0 Å². The number of amides is 1. The van der Waals surface area contributed by atoms with Gasteiger partial charge in [0.15, 0.2) is 16.6 Å². The van der Waals surface area contributed by atoms with E-state index in [0.29, 0.717) is 16.6 Å². The van der Waals surface area contributed by atoms with Crippen molar-refractivity contribution in [2.45, 2.75) is 13.0 Å². The molecule has 25 heavy (non-hydrogen) atoms. The molecule has 0 saturated carbocycles. The highest BCUT2D eigenvalue weighted by atomic mass is 32.1. The molecule has 1 amide bonds. The number of anilines is 1. The van der Waals surface area contributed by atoms with Gasteiger partial charge in [-0.25, -0.2) is 4.98 Å². The van der Waals surface area contributed by atoms with Gasteiger partial charge in [-0.15, -0.1) is 11.3 Å². The van der Waals surface area contributed by atoms with Gasteiger partial charge in [-0.05, 0) is 19.1 Å². The molecule has 1 atom stereocenters. The first-order valence-electron chi connectivity index (χ1n) is 7.91. The van der Waals surface area contributed by atoms with Crippen LogP contribution in [0.4, 0.5) is 5.13 Å². The van der Waals surface area contributed by atoms with Crippen LogP contribution in [0.25, 0.3) is 11.3 Å². The normalized spacial score (nSPS) is 15.6. The molecule has 0 bridgehead atoms. The molecule has 1 N–H and O–H groups in total. The zero-order chi connectivity index (χ0) is 17.2. The maximum absolute atomic E-state index is 12.4. The number of ether oxygens (including phenoxy) is 2. The SMILES string of the molecule is Cc1ccc(-c2csc(NC(=O)C3COc4ccccc4O3)n2)cc1. The molecule has 0 fully saturated rings. The summed E-state index contributed by atoms with van der Waals surface area (Å²) in [5, 5.41) is 5.28. The van der Waals surface area contributed by atoms with Crippen molar-refractivity contribution in [2.24, 2.45) is 0 Å². The Labute approximate surface area is 149 Å². The summed E-state index contributed by atoms with van der Waals surface area (Å²) in [6.45, 7) is 2.22. The van der Waals surface area contributed by atoms with Crippen molar-refractivity contribution >= 4 is 22.4 Å². The van der Waals surface area contributed by atoms with Crippen molar-refractivity contribution in [1.82, 2.24) is 4.98 Å². The number of thiazole rings is 1. The summed E-state index contributed by atoms with van der Waals surface area (Å²) in [6, 6.07) is 15.4. The second-order valence-corrected chi connectivity index (χ2v) is 6.62. The molecule has 126 valence electrons. The van der Waals surface area contributed by atoms with Crippen LogP contribution in [0.2, 0.25) is 0 Å². The molecule has 1 aliphatic rings. The predicted molar refractivity (Wildman–Crippen MR) is 97.3 cm³/mol. The first-order chi connectivity index (χ1) is 12.2. The Balaban J connectivity index is 1.44. The monoisotopic (exact) mass is 352 g/mol. The van der Waals surface area contributed by atoms with Gasteiger partial charge in [0.1, 0.15) is 6.61 Å². The molecule has 5 nitrogen and oxygen atoms in total. The van der Waals surface area contributed by atoms with Gasteiger partial charge in [0.25, 0.3) is 5.91 Å². The van der Waals surface area contributed by atoms with Gasteiger partial charge < -0.3 is 9.47 Å². The Bertz CT molecular complexity index is 905. The molecule has 6 heteroatoms. The molecular weight excluding hydrogens is 336 g/mol. The van der Waals surface area contributed by atoms with Crippen molar-refractivity contribution in [3.05, 3.63) is 59.5 Å². The average molecular weight is 352 g/mol. The van der Waals surface area contributed by atoms with Gasteiger partial charge in [-0.1, -0.05) is 42.0 Å². The van der Waals surface area contributed by atoms with E-state index < -0.39 is 6.10 Å². The minimum Gasteiger partial charge on any atom is -0.485 e. The van der Waals surface area contributed by atoms with Gasteiger partial charge in [0.2, 0.25) is 6.10 Å². The van der Waals surface area contributed by atoms with Crippen molar-refractivity contribution < 1.29 is 14.3 Å². The molecule has 1 unspecified atom stereocenters. The number of hydrogen-bond donors (Lipinski definition) is 1. The minimum atomic E-state index is -0.693. The molecule has 4 rings (SSSR count). The molecule has 3 aromatic rings. The summed E-state index contributed by atoms with van der Waals surface area (Å²) < 4.78 is 11.3. The molecule has 1 aromatic heterocycles. The van der Waals surface area contributed by atoms with Crippen LogP contribution in [-0.2, 0) is 4.79 Å². The number of fused-ring (bicyclic) bond motifs is 1. The van der Waals surface area contributed by atoms with E-state index in [1.54, 1.807) is 6.07 Å². The average Bonchev–Trinajstić information content (AvgIpc) is 3.10. The third kappa shape index (κ3) is 3.34. The molecule has 2 heterocycles. The lowest BCUT2D eigenvalue weighted by Gasteiger charge is -2.25. The number of aromatic nitrogens is 1. The van der Waals surface area contributed by atoms with Crippen LogP contribution in [0.3, 0.4) is 0 Å². The van der Waals surface area contributed by atoms with Crippen LogP contribution in [0, 0.1) is 6.92 Å². The van der Waals surface area contributed by atoms with Crippen LogP contribution >= 0.6 is 11.3 Å². The smallest absolute Gasteiger partial charge is 0.270 e. The van der Waals surface area contributed by atoms with Crippen molar-refractivity contribution in [3.63, 3.8) is 0 Å². The lowest BCUT2D eigenvalue weighted by Crippen LogP contribution is -2.40. The largest absolute Gasteiger partial charge is 0.485 e. The maximum atomic E-state index is 12.4. The fourth-order valence-corrected chi connectivity index (χ4v) is 3.25. The van der Waals surface area contributed by atoms with E-state index in [9.17, 15) is 4.79 Å². The molecule has 2 aromatic carbocycles. The lowest BCUT2D eigenvalue weighted by molar-refractivity contribution is -0.125. The number of nitrogens with one attached hydrogen (secondary N) is 1. The van der Waals surface area contributed by atoms with E-state index in [-0.39, 0.29) is 12.5 Å². The third-order valence-electron chi connectivity index (χ3n) is 3.88. The third-order valence-corrected chi connectivity index (χ3v) is 4.64. The van der Waals surface area contributed by atoms with Crippen LogP contribution in [-0.4, -0.2) is 23.6 Å². The Kier molecular flexibility index (Phi) is 4.11. The maximum Gasteiger partial charge on any atom is 0.270 e. The standard InChI is InChI=1S/C19H16N2O3S/c1-12-6-8-13(9-7-12)14-11-25-19(20-14)21-18(22)17-10-23-15-4-2-3-5-16(15)24-17/h2-9,11,17H,10H2,1H3,(H,20,21,22). The van der Waals surface area contributed by atoms with E-state index in [0.717, 1.165) is 11.3 Å². The highest BCUT2D eigenvalue weighted by molar-refractivity contribution is 7.14. The number of nitrogens with zero attached hydrogens (tertiary/aromatic N) is 1. The lowest BCUT2D eigenvalue weighted by atomic mass is 10.1. The van der Waals surface area contributed by atoms with E-state index in [1.165, 1.54) is 16.9 Å². The Morgan fingerprint density at radius 2 is 1.92 bits per heavy atom. The highest BCUT2D eigenvalue weighted by Gasteiger charge is 2.27. The first kappa shape index (κ1) is 15.7. The summed E-state index contributed by atoms with van der Waals surface area (Å²) in [7, 11) is 0. The van der Waals surface area contributed by atoms with Crippen molar-refractivity contribution in [2.75, 3.05) is 11.9 Å². The first-order valence-corrected chi connectivity index (χ1v) is 8.79. The van der Waals surface area contributed by atoms with Gasteiger partial charge in [-0.3, -0.25) is 10.1 Å². The number of rotatable bonds is 3. The number of aryl methyl sites for hydroxylation is 1. The van der Waals surface area contributed by atoms with Gasteiger partial charge in [0, 0.05) is 10.9 Å². The van der Waals surface area contributed by atoms with E-state index in [4.69, 9.17) is 9.47 Å². The molecule has 0 spiro atoms. The number of benzene rings is 2. The second kappa shape index (κ2) is 6.57. The number of carbonyl (C=O) groups excluding carboxylic acids is 1. The molecular formula is C19H16N2O3S. The van der Waals surface area contributed by atoms with E-state index in [2.05, 4.69) is 10.3 Å². The van der Waals surface area contributed by atoms with Gasteiger partial charge in [0.05, 0.1) is 5.69 Å². The molecule has 0 radical (unpaired) electrons. The molecule has 0 saturated heterocycles. The summed E-state index contributed by atoms with van der Waals surface area (Å²) in [4.78, 5) is 16.9. The number of carbonyl (C=O) groups is 1. The summed E-state index contributed by atoms with van der Waals surface area (Å²) >= 11 is 1.39. The Hall–Kier alpha value is -2.86. The molecule has 1 aliphatic heterocycles. The van der Waals surface area contributed by atoms with Crippen LogP contribution in [0.5, 0.6) is 11.5 Å². The van der Waals surface area contributed by atoms with E-state index >= 15 is 0 Å². The van der Waals surface area contributed by atoms with Crippen molar-refractivity contribution in [3.8, 4) is 22.8 Å². The van der Waals surface area contributed by atoms with Gasteiger partial charge >= 0.3 is 0 Å². The van der Waals surface area contributed by atoms with Crippen LogP contribution < -0.4 is 14.8 Å². The zero-order valence-electron chi connectivity index (χ0n) is 13.6. The number of hydrogen-bond acceptors (Lipinski definition) is 5. The molecule has 0 aliphatic carbocycles. The topological polar surface area (TPSA) is 60.5 Å².